The monoisotopic (exact) mass is 503 g/mol. The number of carboxylic acids is 1. The second kappa shape index (κ2) is 9.65. The predicted molar refractivity (Wildman–Crippen MR) is 125 cm³/mol. The molecular weight excluding hydrogens is 485 g/mol. The number of thioether (sulfide) groups is 1. The van der Waals surface area contributed by atoms with Gasteiger partial charge in [-0.25, -0.2) is 14.2 Å². The van der Waals surface area contributed by atoms with Crippen molar-refractivity contribution in [1.29, 1.82) is 0 Å². The Morgan fingerprint density at radius 2 is 2.15 bits per heavy atom. The molecule has 2 atom stereocenters. The van der Waals surface area contributed by atoms with E-state index in [0.29, 0.717) is 11.1 Å². The molecule has 2 aliphatic heterocycles. The third-order valence-electron chi connectivity index (χ3n) is 5.02. The number of anilines is 1. The van der Waals surface area contributed by atoms with Gasteiger partial charge in [0.25, 0.3) is 11.8 Å². The second-order valence-corrected chi connectivity index (χ2v) is 9.08. The maximum absolute atomic E-state index is 13.9. The summed E-state index contributed by atoms with van der Waals surface area (Å²) in [7, 11) is 1.26. The molecule has 4 rings (SSSR count). The van der Waals surface area contributed by atoms with Crippen LogP contribution in [0.5, 0.6) is 0 Å². The Morgan fingerprint density at radius 1 is 1.38 bits per heavy atom. The summed E-state index contributed by atoms with van der Waals surface area (Å²) in [6.45, 7) is 0. The number of oxime groups is 1. The molecule has 34 heavy (non-hydrogen) atoms. The molecule has 2 aliphatic rings. The van der Waals surface area contributed by atoms with Crippen molar-refractivity contribution < 1.29 is 28.7 Å². The number of nitrogens with one attached hydrogen (secondary N) is 1. The molecule has 0 bridgehead atoms. The average Bonchev–Trinajstić information content (AvgIpc) is 3.25. The van der Waals surface area contributed by atoms with E-state index in [1.807, 2.05) is 0 Å². The largest absolute Gasteiger partial charge is 0.477 e. The van der Waals surface area contributed by atoms with E-state index in [4.69, 9.17) is 10.6 Å². The summed E-state index contributed by atoms with van der Waals surface area (Å²) in [4.78, 5) is 47.5. The van der Waals surface area contributed by atoms with Gasteiger partial charge in [-0.3, -0.25) is 14.5 Å². The Labute approximate surface area is 201 Å². The molecule has 0 aliphatic carbocycles. The van der Waals surface area contributed by atoms with Crippen molar-refractivity contribution in [3.05, 3.63) is 64.1 Å². The number of hydrogen-bond donors (Lipinski definition) is 3. The van der Waals surface area contributed by atoms with Crippen LogP contribution in [-0.2, 0) is 19.2 Å². The minimum Gasteiger partial charge on any atom is -0.477 e. The van der Waals surface area contributed by atoms with E-state index < -0.39 is 35.0 Å². The minimum atomic E-state index is -1.30. The number of thiazole rings is 1. The van der Waals surface area contributed by atoms with Crippen LogP contribution in [0.2, 0.25) is 0 Å². The summed E-state index contributed by atoms with van der Waals surface area (Å²) in [6, 6.07) is 5.09. The van der Waals surface area contributed by atoms with E-state index in [1.54, 1.807) is 18.2 Å². The average molecular weight is 504 g/mol. The van der Waals surface area contributed by atoms with Crippen molar-refractivity contribution in [3.8, 4) is 0 Å². The van der Waals surface area contributed by atoms with Crippen LogP contribution in [-0.4, -0.2) is 62.8 Å². The predicted octanol–water partition coefficient (Wildman–Crippen LogP) is 1.67. The van der Waals surface area contributed by atoms with Crippen molar-refractivity contribution in [3.63, 3.8) is 0 Å². The van der Waals surface area contributed by atoms with Crippen molar-refractivity contribution in [2.45, 2.75) is 11.4 Å². The zero-order valence-corrected chi connectivity index (χ0v) is 19.2. The molecule has 0 radical (unpaired) electrons. The van der Waals surface area contributed by atoms with Gasteiger partial charge in [-0.1, -0.05) is 35.5 Å². The quantitative estimate of drug-likeness (QED) is 0.294. The third-order valence-corrected chi connectivity index (χ3v) is 6.99. The van der Waals surface area contributed by atoms with Crippen molar-refractivity contribution in [1.82, 2.24) is 15.2 Å². The van der Waals surface area contributed by atoms with E-state index in [1.165, 1.54) is 42.5 Å². The zero-order valence-electron chi connectivity index (χ0n) is 17.6. The van der Waals surface area contributed by atoms with Gasteiger partial charge >= 0.3 is 5.97 Å². The number of aliphatic carboxylic acids is 1. The van der Waals surface area contributed by atoms with Crippen LogP contribution in [0.3, 0.4) is 0 Å². The molecule has 176 valence electrons. The van der Waals surface area contributed by atoms with Gasteiger partial charge in [0, 0.05) is 16.7 Å². The summed E-state index contributed by atoms with van der Waals surface area (Å²) in [6.07, 6.45) is 2.95. The lowest BCUT2D eigenvalue weighted by molar-refractivity contribution is -0.150. The van der Waals surface area contributed by atoms with E-state index >= 15 is 0 Å². The summed E-state index contributed by atoms with van der Waals surface area (Å²) in [5, 5.41) is 17.2. The first kappa shape index (κ1) is 23.4. The number of hydrogen-bond acceptors (Lipinski definition) is 9. The summed E-state index contributed by atoms with van der Waals surface area (Å²) in [5.41, 5.74) is 6.09. The van der Waals surface area contributed by atoms with Crippen molar-refractivity contribution >= 4 is 57.8 Å². The summed E-state index contributed by atoms with van der Waals surface area (Å²) < 4.78 is 13.9. The third kappa shape index (κ3) is 4.39. The molecule has 0 spiro atoms. The Kier molecular flexibility index (Phi) is 6.65. The number of rotatable bonds is 7. The van der Waals surface area contributed by atoms with E-state index in [-0.39, 0.29) is 28.0 Å². The lowest BCUT2D eigenvalue weighted by atomic mass is 10.0. The highest BCUT2D eigenvalue weighted by atomic mass is 32.2. The number of carbonyl (C=O) groups is 3. The van der Waals surface area contributed by atoms with Gasteiger partial charge in [0.1, 0.15) is 35.7 Å². The fourth-order valence-electron chi connectivity index (χ4n) is 3.47. The highest BCUT2D eigenvalue weighted by Crippen LogP contribution is 2.40. The van der Waals surface area contributed by atoms with Crippen molar-refractivity contribution in [2.24, 2.45) is 5.16 Å². The Hall–Kier alpha value is -3.71. The standard InChI is InChI=1S/C21H18FN5O5S2/c1-32-26-14(13-9-34-21(23)24-13)17(28)25-15-18(29)27-16(20(30)31)11(8-33-19(15)27)7-6-10-4-2-3-5-12(10)22/h2-7,9,15,19H,8H2,1H3,(H2,23,24)(H,25,28)(H,30,31)/t15?,19-/m0/s1. The highest BCUT2D eigenvalue weighted by Gasteiger charge is 2.54. The van der Waals surface area contributed by atoms with Gasteiger partial charge in [0.15, 0.2) is 10.8 Å². The molecule has 3 heterocycles. The first-order chi connectivity index (χ1) is 16.3. The Bertz CT molecular complexity index is 1260. The van der Waals surface area contributed by atoms with Gasteiger partial charge in [-0.05, 0) is 11.6 Å². The molecule has 1 aromatic carbocycles. The molecule has 1 unspecified atom stereocenters. The minimum absolute atomic E-state index is 0.162. The fourth-order valence-corrected chi connectivity index (χ4v) is 5.34. The summed E-state index contributed by atoms with van der Waals surface area (Å²) >= 11 is 2.39. The van der Waals surface area contributed by atoms with E-state index in [2.05, 4.69) is 15.5 Å². The molecule has 2 amide bonds. The fraction of sp³-hybridized carbons (Fsp3) is 0.190. The van der Waals surface area contributed by atoms with E-state index in [0.717, 1.165) is 16.2 Å². The first-order valence-electron chi connectivity index (χ1n) is 9.79. The molecule has 2 aromatic rings. The number of halogens is 1. The van der Waals surface area contributed by atoms with Crippen LogP contribution in [0.25, 0.3) is 6.08 Å². The number of nitrogens with zero attached hydrogens (tertiary/aromatic N) is 3. The maximum Gasteiger partial charge on any atom is 0.352 e. The van der Waals surface area contributed by atoms with Gasteiger partial charge in [0.05, 0.1) is 0 Å². The van der Waals surface area contributed by atoms with Crippen LogP contribution in [0, 0.1) is 5.82 Å². The van der Waals surface area contributed by atoms with Gasteiger partial charge in [-0.2, -0.15) is 0 Å². The number of carbonyl (C=O) groups excluding carboxylic acids is 2. The zero-order chi connectivity index (χ0) is 24.4. The number of nitrogen functional groups attached to an aromatic ring is 1. The molecule has 0 saturated carbocycles. The Morgan fingerprint density at radius 3 is 2.79 bits per heavy atom. The normalized spacial score (nSPS) is 20.2. The molecule has 1 aromatic heterocycles. The second-order valence-electron chi connectivity index (χ2n) is 7.09. The maximum atomic E-state index is 13.9. The Balaban J connectivity index is 1.54. The van der Waals surface area contributed by atoms with Gasteiger partial charge < -0.3 is 21.0 Å². The number of benzene rings is 1. The number of carboxylic acid groups (broad SMARTS) is 1. The smallest absolute Gasteiger partial charge is 0.352 e. The molecule has 13 heteroatoms. The van der Waals surface area contributed by atoms with Gasteiger partial charge in [0.2, 0.25) is 0 Å². The van der Waals surface area contributed by atoms with Crippen LogP contribution in [0.1, 0.15) is 11.3 Å². The number of aromatic nitrogens is 1. The van der Waals surface area contributed by atoms with E-state index in [9.17, 15) is 23.9 Å². The highest BCUT2D eigenvalue weighted by molar-refractivity contribution is 8.00. The van der Waals surface area contributed by atoms with Crippen LogP contribution >= 0.6 is 23.1 Å². The number of fused-ring (bicyclic) bond motifs is 1. The molecule has 10 nitrogen and oxygen atoms in total. The topological polar surface area (TPSA) is 147 Å². The lowest BCUT2D eigenvalue weighted by Gasteiger charge is -2.49. The molecular formula is C21H18FN5O5S2. The van der Waals surface area contributed by atoms with Gasteiger partial charge in [-0.15, -0.1) is 23.1 Å². The number of amides is 2. The van der Waals surface area contributed by atoms with Crippen molar-refractivity contribution in [2.75, 3.05) is 18.6 Å². The number of allylic oxidation sites excluding steroid dienone is 1. The van der Waals surface area contributed by atoms with Crippen LogP contribution in [0.15, 0.2) is 52.1 Å². The number of nitrogens with two attached hydrogens (primary N) is 1. The number of β-lactam (4-membered cyclic amide) rings is 1. The van der Waals surface area contributed by atoms with Crippen LogP contribution in [0.4, 0.5) is 9.52 Å². The lowest BCUT2D eigenvalue weighted by Crippen LogP contribution is -2.71. The molecule has 1 fully saturated rings. The SMILES string of the molecule is CON=C(C(=O)NC1C(=O)N2C(C(=O)O)=C(C=Cc3ccccc3F)CS[C@@H]12)c1csc(N)n1. The first-order valence-corrected chi connectivity index (χ1v) is 11.7. The molecule has 4 N–H and O–H groups in total. The summed E-state index contributed by atoms with van der Waals surface area (Å²) in [5.74, 6) is -2.80. The van der Waals surface area contributed by atoms with Crippen LogP contribution < -0.4 is 11.1 Å². The molecule has 1 saturated heterocycles.